The number of amides is 2. The summed E-state index contributed by atoms with van der Waals surface area (Å²) in [5, 5.41) is 0.302. The van der Waals surface area contributed by atoms with Crippen molar-refractivity contribution in [1.82, 2.24) is 4.90 Å². The normalized spacial score (nSPS) is 24.4. The highest BCUT2D eigenvalue weighted by Gasteiger charge is 2.38. The molecule has 27 heavy (non-hydrogen) atoms. The van der Waals surface area contributed by atoms with Crippen LogP contribution in [-0.4, -0.2) is 34.7 Å². The Kier molecular flexibility index (Phi) is 5.21. The Hall–Kier alpha value is -1.72. The maximum atomic E-state index is 12.6. The largest absolute Gasteiger partial charge is 0.369 e. The smallest absolute Gasteiger partial charge is 0.294 e. The minimum absolute atomic E-state index is 0.0563. The van der Waals surface area contributed by atoms with Crippen LogP contribution in [0.15, 0.2) is 29.7 Å². The number of hydrogen-bond acceptors (Lipinski definition) is 4. The summed E-state index contributed by atoms with van der Waals surface area (Å²) < 4.78 is 0. The lowest BCUT2D eigenvalue weighted by Gasteiger charge is -2.45. The highest BCUT2D eigenvalue weighted by atomic mass is 35.5. The van der Waals surface area contributed by atoms with E-state index in [9.17, 15) is 9.59 Å². The van der Waals surface area contributed by atoms with Gasteiger partial charge >= 0.3 is 0 Å². The summed E-state index contributed by atoms with van der Waals surface area (Å²) >= 11 is 7.50. The first-order valence-electron chi connectivity index (χ1n) is 9.03. The second kappa shape index (κ2) is 7.02. The van der Waals surface area contributed by atoms with Gasteiger partial charge in [0, 0.05) is 23.3 Å². The van der Waals surface area contributed by atoms with Crippen molar-refractivity contribution in [2.75, 3.05) is 11.9 Å². The van der Waals surface area contributed by atoms with E-state index in [0.717, 1.165) is 29.4 Å². The summed E-state index contributed by atoms with van der Waals surface area (Å²) in [7, 11) is 2.09. The number of benzene rings is 1. The zero-order valence-electron chi connectivity index (χ0n) is 16.4. The molecule has 2 aliphatic rings. The molecule has 0 bridgehead atoms. The van der Waals surface area contributed by atoms with Gasteiger partial charge in [0.1, 0.15) is 0 Å². The minimum atomic E-state index is -0.335. The van der Waals surface area contributed by atoms with E-state index in [2.05, 4.69) is 45.4 Å². The monoisotopic (exact) mass is 404 g/mol. The molecule has 0 aromatic heterocycles. The van der Waals surface area contributed by atoms with Crippen molar-refractivity contribution in [2.24, 2.45) is 0 Å². The number of nitrogens with zero attached hydrogens (tertiary/aromatic N) is 2. The zero-order valence-corrected chi connectivity index (χ0v) is 17.9. The molecule has 0 aliphatic carbocycles. The number of imide groups is 1. The van der Waals surface area contributed by atoms with Gasteiger partial charge in [0.25, 0.3) is 11.1 Å². The molecular weight excluding hydrogens is 380 g/mol. The Morgan fingerprint density at radius 1 is 1.37 bits per heavy atom. The molecule has 2 unspecified atom stereocenters. The van der Waals surface area contributed by atoms with Crippen LogP contribution in [0.1, 0.15) is 51.2 Å². The molecule has 0 N–H and O–H groups in total. The van der Waals surface area contributed by atoms with Crippen LogP contribution in [0.3, 0.4) is 0 Å². The van der Waals surface area contributed by atoms with Crippen molar-refractivity contribution in [3.63, 3.8) is 0 Å². The van der Waals surface area contributed by atoms with Gasteiger partial charge in [0.2, 0.25) is 0 Å². The van der Waals surface area contributed by atoms with Gasteiger partial charge < -0.3 is 4.90 Å². The Morgan fingerprint density at radius 3 is 2.67 bits per heavy atom. The third kappa shape index (κ3) is 3.43. The van der Waals surface area contributed by atoms with Crippen LogP contribution < -0.4 is 4.90 Å². The average molecular weight is 405 g/mol. The van der Waals surface area contributed by atoms with Crippen molar-refractivity contribution in [2.45, 2.75) is 51.6 Å². The minimum Gasteiger partial charge on any atom is -0.369 e. The van der Waals surface area contributed by atoms with Gasteiger partial charge in [-0.05, 0) is 74.2 Å². The molecule has 0 saturated carbocycles. The molecule has 2 atom stereocenters. The maximum Gasteiger partial charge on any atom is 0.294 e. The molecular formula is C21H25ClN2O2S. The Labute approximate surface area is 170 Å². The Bertz CT molecular complexity index is 862. The Morgan fingerprint density at radius 2 is 2.04 bits per heavy atom. The van der Waals surface area contributed by atoms with Gasteiger partial charge in [-0.2, -0.15) is 0 Å². The summed E-state index contributed by atoms with van der Waals surface area (Å²) in [5.41, 5.74) is 3.16. The lowest BCUT2D eigenvalue weighted by molar-refractivity contribution is -0.123. The number of anilines is 1. The van der Waals surface area contributed by atoms with E-state index in [1.165, 1.54) is 10.5 Å². The van der Waals surface area contributed by atoms with E-state index >= 15 is 0 Å². The van der Waals surface area contributed by atoms with Gasteiger partial charge in [-0.1, -0.05) is 24.6 Å². The van der Waals surface area contributed by atoms with E-state index < -0.39 is 0 Å². The molecule has 1 saturated heterocycles. The summed E-state index contributed by atoms with van der Waals surface area (Å²) in [4.78, 5) is 28.7. The van der Waals surface area contributed by atoms with E-state index in [0.29, 0.717) is 15.8 Å². The third-order valence-electron chi connectivity index (χ3n) is 5.61. The average Bonchev–Trinajstić information content (AvgIpc) is 2.87. The molecule has 0 spiro atoms. The van der Waals surface area contributed by atoms with Crippen LogP contribution in [0, 0.1) is 0 Å². The van der Waals surface area contributed by atoms with Gasteiger partial charge in [-0.3, -0.25) is 14.5 Å². The van der Waals surface area contributed by atoms with E-state index in [-0.39, 0.29) is 22.7 Å². The number of hydrogen-bond donors (Lipinski definition) is 0. The highest BCUT2D eigenvalue weighted by Crippen LogP contribution is 2.45. The summed E-state index contributed by atoms with van der Waals surface area (Å²) in [6.45, 7) is 12.1. The SMILES string of the molecule is C=CC(C)N1C(=O)S/C(=C/c2cc3c(cc2Cl)N(C)C(C)(C)CC3C)C1=O. The molecule has 144 valence electrons. The van der Waals surface area contributed by atoms with Crippen molar-refractivity contribution in [3.05, 3.63) is 45.8 Å². The quantitative estimate of drug-likeness (QED) is 0.480. The molecule has 1 fully saturated rings. The molecule has 4 nitrogen and oxygen atoms in total. The molecule has 1 aromatic rings. The van der Waals surface area contributed by atoms with Crippen LogP contribution in [0.4, 0.5) is 10.5 Å². The molecule has 2 aliphatic heterocycles. The molecule has 6 heteroatoms. The molecule has 1 aromatic carbocycles. The fourth-order valence-electron chi connectivity index (χ4n) is 3.79. The molecule has 0 radical (unpaired) electrons. The molecule has 2 amide bonds. The fourth-order valence-corrected chi connectivity index (χ4v) is 4.91. The number of halogens is 1. The maximum absolute atomic E-state index is 12.6. The first-order chi connectivity index (χ1) is 12.6. The van der Waals surface area contributed by atoms with Crippen LogP contribution in [-0.2, 0) is 4.79 Å². The van der Waals surface area contributed by atoms with E-state index in [1.54, 1.807) is 19.1 Å². The molecule has 2 heterocycles. The van der Waals surface area contributed by atoms with Crippen molar-refractivity contribution in [1.29, 1.82) is 0 Å². The van der Waals surface area contributed by atoms with Crippen molar-refractivity contribution < 1.29 is 9.59 Å². The highest BCUT2D eigenvalue weighted by molar-refractivity contribution is 8.18. The number of carbonyl (C=O) groups excluding carboxylic acids is 2. The fraction of sp³-hybridized carbons (Fsp3) is 0.429. The number of carbonyl (C=O) groups is 2. The second-order valence-corrected chi connectivity index (χ2v) is 9.34. The standard InChI is InChI=1S/C21H25ClN2O2S/c1-7-13(3)24-19(25)18(27-20(24)26)9-14-8-15-12(2)11-21(4,5)23(6)17(15)10-16(14)22/h7-10,12-13H,1,11H2,2-6H3/b18-9+. The number of fused-ring (bicyclic) bond motifs is 1. The first-order valence-corrected chi connectivity index (χ1v) is 10.2. The van der Waals surface area contributed by atoms with Gasteiger partial charge in [-0.15, -0.1) is 6.58 Å². The zero-order chi connectivity index (χ0) is 20.1. The van der Waals surface area contributed by atoms with Crippen molar-refractivity contribution >= 4 is 46.3 Å². The lowest BCUT2D eigenvalue weighted by atomic mass is 9.80. The van der Waals surface area contributed by atoms with Gasteiger partial charge in [-0.25, -0.2) is 0 Å². The van der Waals surface area contributed by atoms with Crippen LogP contribution in [0.5, 0.6) is 0 Å². The number of thioether (sulfide) groups is 1. The van der Waals surface area contributed by atoms with Gasteiger partial charge in [0.05, 0.1) is 10.9 Å². The van der Waals surface area contributed by atoms with Crippen LogP contribution in [0.2, 0.25) is 5.02 Å². The second-order valence-electron chi connectivity index (χ2n) is 7.94. The topological polar surface area (TPSA) is 40.6 Å². The molecule has 3 rings (SSSR count). The van der Waals surface area contributed by atoms with Crippen LogP contribution >= 0.6 is 23.4 Å². The summed E-state index contributed by atoms with van der Waals surface area (Å²) in [5.74, 6) is 0.0870. The Balaban J connectivity index is 2.02. The predicted octanol–water partition coefficient (Wildman–Crippen LogP) is 5.67. The lowest BCUT2D eigenvalue weighted by Crippen LogP contribution is -2.45. The van der Waals surface area contributed by atoms with Crippen molar-refractivity contribution in [3.8, 4) is 0 Å². The predicted molar refractivity (Wildman–Crippen MR) is 114 cm³/mol. The third-order valence-corrected chi connectivity index (χ3v) is 6.82. The summed E-state index contributed by atoms with van der Waals surface area (Å²) in [6, 6.07) is 3.69. The number of rotatable bonds is 3. The summed E-state index contributed by atoms with van der Waals surface area (Å²) in [6.07, 6.45) is 4.35. The van der Waals surface area contributed by atoms with Crippen LogP contribution in [0.25, 0.3) is 6.08 Å². The van der Waals surface area contributed by atoms with Gasteiger partial charge in [0.15, 0.2) is 0 Å². The van der Waals surface area contributed by atoms with E-state index in [4.69, 9.17) is 11.6 Å². The van der Waals surface area contributed by atoms with E-state index in [1.807, 2.05) is 6.07 Å². The first kappa shape index (κ1) is 20.0.